The summed E-state index contributed by atoms with van der Waals surface area (Å²) in [5, 5.41) is 0. The molecule has 4 saturated carbocycles. The zero-order valence-electron chi connectivity index (χ0n) is 31.4. The fraction of sp³-hybridized carbons (Fsp3) is 0.976. The van der Waals surface area contributed by atoms with Gasteiger partial charge in [-0.1, -0.05) is 81.1 Å². The minimum atomic E-state index is 0.0116. The molecule has 4 aliphatic carbocycles. The Kier molecular flexibility index (Phi) is 8.74. The molecular weight excluding hydrogens is 554 g/mol. The molecule has 10 atom stereocenters. The van der Waals surface area contributed by atoms with Crippen molar-refractivity contribution in [3.8, 4) is 0 Å². The van der Waals surface area contributed by atoms with Crippen LogP contribution in [0.4, 0.5) is 0 Å². The first-order valence-electron chi connectivity index (χ1n) is 19.7. The van der Waals surface area contributed by atoms with Gasteiger partial charge in [-0.2, -0.15) is 0 Å². The van der Waals surface area contributed by atoms with Crippen molar-refractivity contribution in [2.45, 2.75) is 176 Å². The molecule has 2 heterocycles. The highest BCUT2D eigenvalue weighted by Gasteiger charge is 2.75. The first kappa shape index (κ1) is 34.3. The van der Waals surface area contributed by atoms with Gasteiger partial charge in [-0.3, -0.25) is 0 Å². The van der Waals surface area contributed by atoms with Gasteiger partial charge in [-0.25, -0.2) is 4.79 Å². The highest BCUT2D eigenvalue weighted by atomic mass is 16.5. The minimum Gasteiger partial charge on any atom is -0.458 e. The minimum absolute atomic E-state index is 0.0116. The standard InChI is InChI=1S/C41H72NO3/c1-11-12-13-14-15-16-27-42(9,10)28-33(43)44-32-20-21-38(6)30(37(32,4)5)19-22-40(8)31(38)18-17-29-34-35-36(2,3)23-25-41(34,45-35)26-24-39(29,40)7/h29-32,34-35H,11-28H2,1-10H3/q+1/t29-,30+,31-,32+,34+,35-,38+,39-,40-,41+/m1/s1. The van der Waals surface area contributed by atoms with Crippen molar-refractivity contribution in [1.29, 1.82) is 0 Å². The maximum Gasteiger partial charge on any atom is 0.362 e. The molecule has 0 amide bonds. The topological polar surface area (TPSA) is 35.5 Å². The normalized spacial score (nSPS) is 46.1. The van der Waals surface area contributed by atoms with Crippen LogP contribution in [0.5, 0.6) is 0 Å². The van der Waals surface area contributed by atoms with Crippen LogP contribution in [-0.2, 0) is 14.3 Å². The Hall–Kier alpha value is -0.610. The van der Waals surface area contributed by atoms with E-state index in [4.69, 9.17) is 9.47 Å². The van der Waals surface area contributed by atoms with Gasteiger partial charge in [0.15, 0.2) is 6.54 Å². The smallest absolute Gasteiger partial charge is 0.362 e. The van der Waals surface area contributed by atoms with Gasteiger partial charge >= 0.3 is 5.97 Å². The molecule has 0 aromatic heterocycles. The number of carbonyl (C=O) groups is 1. The Morgan fingerprint density at radius 3 is 2.16 bits per heavy atom. The van der Waals surface area contributed by atoms with Gasteiger partial charge in [0, 0.05) is 11.3 Å². The number of fused-ring (bicyclic) bond motifs is 8. The molecule has 2 bridgehead atoms. The predicted molar refractivity (Wildman–Crippen MR) is 185 cm³/mol. The molecule has 4 heteroatoms. The van der Waals surface area contributed by atoms with E-state index in [2.05, 4.69) is 69.5 Å². The summed E-state index contributed by atoms with van der Waals surface area (Å²) in [5.41, 5.74) is 1.65. The van der Waals surface area contributed by atoms with E-state index in [1.807, 2.05) is 0 Å². The van der Waals surface area contributed by atoms with Crippen LogP contribution >= 0.6 is 0 Å². The first-order chi connectivity index (χ1) is 21.0. The number of ether oxygens (including phenoxy) is 2. The summed E-state index contributed by atoms with van der Waals surface area (Å²) in [5.74, 6) is 2.98. The number of unbranched alkanes of at least 4 members (excludes halogenated alkanes) is 5. The van der Waals surface area contributed by atoms with E-state index in [1.165, 1.54) is 96.3 Å². The van der Waals surface area contributed by atoms with E-state index < -0.39 is 0 Å². The van der Waals surface area contributed by atoms with Gasteiger partial charge < -0.3 is 14.0 Å². The number of likely N-dealkylation sites (N-methyl/N-ethyl adjacent to an activating group) is 1. The maximum absolute atomic E-state index is 13.4. The number of hydrogen-bond donors (Lipinski definition) is 0. The maximum atomic E-state index is 13.4. The lowest BCUT2D eigenvalue weighted by atomic mass is 9.31. The van der Waals surface area contributed by atoms with Gasteiger partial charge in [0.05, 0.1) is 32.3 Å². The molecule has 0 aromatic carbocycles. The summed E-state index contributed by atoms with van der Waals surface area (Å²) in [6.45, 7) is 21.9. The second-order valence-corrected chi connectivity index (χ2v) is 20.2. The molecule has 0 aromatic rings. The largest absolute Gasteiger partial charge is 0.458 e. The number of quaternary nitrogens is 1. The van der Waals surface area contributed by atoms with Crippen LogP contribution in [0.1, 0.15) is 158 Å². The Balaban J connectivity index is 1.12. The molecule has 45 heavy (non-hydrogen) atoms. The third-order valence-corrected chi connectivity index (χ3v) is 16.6. The summed E-state index contributed by atoms with van der Waals surface area (Å²) in [4.78, 5) is 13.4. The van der Waals surface area contributed by atoms with Gasteiger partial charge in [0.1, 0.15) is 6.10 Å². The van der Waals surface area contributed by atoms with Crippen molar-refractivity contribution < 1.29 is 18.8 Å². The zero-order valence-corrected chi connectivity index (χ0v) is 31.4. The number of rotatable bonds is 10. The van der Waals surface area contributed by atoms with Gasteiger partial charge in [0.2, 0.25) is 0 Å². The van der Waals surface area contributed by atoms with Crippen molar-refractivity contribution in [1.82, 2.24) is 0 Å². The Morgan fingerprint density at radius 2 is 1.44 bits per heavy atom. The van der Waals surface area contributed by atoms with E-state index in [9.17, 15) is 4.79 Å². The highest BCUT2D eigenvalue weighted by Crippen LogP contribution is 2.78. The highest BCUT2D eigenvalue weighted by molar-refractivity contribution is 5.70. The Morgan fingerprint density at radius 1 is 0.756 bits per heavy atom. The number of esters is 1. The number of nitrogens with zero attached hydrogens (tertiary/aromatic N) is 1. The van der Waals surface area contributed by atoms with Crippen LogP contribution in [0.2, 0.25) is 0 Å². The lowest BCUT2D eigenvalue weighted by molar-refractivity contribution is -0.883. The Labute approximate surface area is 278 Å². The molecule has 258 valence electrons. The average Bonchev–Trinajstić information content (AvgIpc) is 2.92. The van der Waals surface area contributed by atoms with E-state index in [-0.39, 0.29) is 23.1 Å². The molecule has 0 unspecified atom stereocenters. The zero-order chi connectivity index (χ0) is 32.7. The van der Waals surface area contributed by atoms with Crippen molar-refractivity contribution in [3.05, 3.63) is 0 Å². The lowest BCUT2D eigenvalue weighted by Crippen LogP contribution is -2.77. The molecule has 6 rings (SSSR count). The van der Waals surface area contributed by atoms with Crippen molar-refractivity contribution in [2.24, 2.45) is 50.7 Å². The SMILES string of the molecule is CCCCCCCC[N+](C)(C)CC(=O)O[C@H]1CC[C@]2(C)[C@H]3CC[C@@H]4[C@H]5[C@H]6O[C@@]5(CCC6(C)C)CC[C@@]4(C)[C@]3(C)CC[C@H]2C1(C)C. The van der Waals surface area contributed by atoms with Crippen molar-refractivity contribution >= 4 is 5.97 Å². The van der Waals surface area contributed by atoms with Crippen LogP contribution in [-0.4, -0.2) is 55.4 Å². The van der Waals surface area contributed by atoms with Crippen LogP contribution in [0.3, 0.4) is 0 Å². The monoisotopic (exact) mass is 627 g/mol. The van der Waals surface area contributed by atoms with E-state index in [1.54, 1.807) is 0 Å². The molecule has 0 radical (unpaired) electrons. The number of carbonyl (C=O) groups excluding carboxylic acids is 1. The van der Waals surface area contributed by atoms with Gasteiger partial charge in [0.25, 0.3) is 0 Å². The summed E-state index contributed by atoms with van der Waals surface area (Å²) in [6, 6.07) is 0. The Bertz CT molecular complexity index is 1110. The molecule has 0 N–H and O–H groups in total. The molecular formula is C41H72NO3+. The lowest BCUT2D eigenvalue weighted by Gasteiger charge is -2.77. The summed E-state index contributed by atoms with van der Waals surface area (Å²) < 4.78 is 14.1. The van der Waals surface area contributed by atoms with Crippen LogP contribution < -0.4 is 0 Å². The van der Waals surface area contributed by atoms with Gasteiger partial charge in [-0.15, -0.1) is 0 Å². The molecule has 4 nitrogen and oxygen atoms in total. The fourth-order valence-electron chi connectivity index (χ4n) is 13.7. The van der Waals surface area contributed by atoms with E-state index in [0.717, 1.165) is 35.2 Å². The van der Waals surface area contributed by atoms with Crippen LogP contribution in [0.15, 0.2) is 0 Å². The molecule has 2 aliphatic heterocycles. The van der Waals surface area contributed by atoms with Gasteiger partial charge in [-0.05, 0) is 116 Å². The molecule has 6 fully saturated rings. The molecule has 2 saturated heterocycles. The quantitative estimate of drug-likeness (QED) is 0.138. The van der Waals surface area contributed by atoms with E-state index in [0.29, 0.717) is 40.2 Å². The molecule has 1 spiro atoms. The second kappa shape index (κ2) is 11.5. The summed E-state index contributed by atoms with van der Waals surface area (Å²) >= 11 is 0. The van der Waals surface area contributed by atoms with E-state index >= 15 is 0 Å². The van der Waals surface area contributed by atoms with Crippen LogP contribution in [0.25, 0.3) is 0 Å². The van der Waals surface area contributed by atoms with Crippen molar-refractivity contribution in [3.63, 3.8) is 0 Å². The third-order valence-electron chi connectivity index (χ3n) is 16.6. The number of hydrogen-bond acceptors (Lipinski definition) is 3. The fourth-order valence-corrected chi connectivity index (χ4v) is 13.7. The molecule has 6 aliphatic rings. The second-order valence-electron chi connectivity index (χ2n) is 20.2. The average molecular weight is 627 g/mol. The van der Waals surface area contributed by atoms with Crippen LogP contribution in [0, 0.1) is 50.7 Å². The first-order valence-corrected chi connectivity index (χ1v) is 19.7. The third kappa shape index (κ3) is 5.30. The predicted octanol–water partition coefficient (Wildman–Crippen LogP) is 9.98. The van der Waals surface area contributed by atoms with Crippen molar-refractivity contribution in [2.75, 3.05) is 27.2 Å². The summed E-state index contributed by atoms with van der Waals surface area (Å²) in [7, 11) is 4.43. The summed E-state index contributed by atoms with van der Waals surface area (Å²) in [6.07, 6.45) is 21.2.